The Morgan fingerprint density at radius 2 is 1.69 bits per heavy atom. The Morgan fingerprint density at radius 1 is 1.00 bits per heavy atom. The Bertz CT molecular complexity index is 831. The van der Waals surface area contributed by atoms with Crippen molar-refractivity contribution in [2.45, 2.75) is 31.9 Å². The van der Waals surface area contributed by atoms with Crippen molar-refractivity contribution in [3.05, 3.63) is 35.9 Å². The zero-order chi connectivity index (χ0) is 22.4. The summed E-state index contributed by atoms with van der Waals surface area (Å²) < 4.78 is 34.7. The van der Waals surface area contributed by atoms with Crippen molar-refractivity contribution in [3.63, 3.8) is 0 Å². The smallest absolute Gasteiger partial charge is 0.407 e. The lowest BCUT2D eigenvalue weighted by Crippen LogP contribution is -2.56. The average molecular weight is 466 g/mol. The van der Waals surface area contributed by atoms with E-state index in [-0.39, 0.29) is 12.6 Å². The van der Waals surface area contributed by atoms with Crippen LogP contribution < -0.4 is 10.6 Å². The van der Waals surface area contributed by atoms with Crippen LogP contribution in [0.1, 0.15) is 24.8 Å². The highest BCUT2D eigenvalue weighted by Crippen LogP contribution is 2.20. The van der Waals surface area contributed by atoms with Gasteiger partial charge in [-0.2, -0.15) is 17.0 Å². The van der Waals surface area contributed by atoms with E-state index in [2.05, 4.69) is 15.5 Å². The number of carbonyl (C=O) groups excluding carboxylic acids is 1. The summed E-state index contributed by atoms with van der Waals surface area (Å²) in [6, 6.07) is 9.46. The monoisotopic (exact) mass is 465 g/mol. The van der Waals surface area contributed by atoms with E-state index in [1.807, 2.05) is 30.3 Å². The maximum Gasteiger partial charge on any atom is 0.407 e. The summed E-state index contributed by atoms with van der Waals surface area (Å²) in [7, 11) is -3.45. The summed E-state index contributed by atoms with van der Waals surface area (Å²) in [5, 5.41) is 6.27. The molecule has 10 heteroatoms. The highest BCUT2D eigenvalue weighted by molar-refractivity contribution is 7.86. The van der Waals surface area contributed by atoms with Crippen LogP contribution in [-0.2, 0) is 21.6 Å². The molecule has 1 unspecified atom stereocenters. The van der Waals surface area contributed by atoms with Gasteiger partial charge >= 0.3 is 6.09 Å². The fraction of sp³-hybridized carbons (Fsp3) is 0.682. The Kier molecular flexibility index (Phi) is 8.01. The third-order valence-electron chi connectivity index (χ3n) is 6.65. The van der Waals surface area contributed by atoms with E-state index >= 15 is 0 Å². The number of nitrogens with zero attached hydrogens (tertiary/aromatic N) is 3. The molecular formula is C22H35N5O4S. The van der Waals surface area contributed by atoms with Crippen molar-refractivity contribution in [1.29, 1.82) is 0 Å². The minimum atomic E-state index is -3.45. The van der Waals surface area contributed by atoms with Crippen LogP contribution >= 0.6 is 0 Å². The van der Waals surface area contributed by atoms with Crippen LogP contribution in [0.25, 0.3) is 0 Å². The molecule has 1 aromatic carbocycles. The van der Waals surface area contributed by atoms with E-state index in [1.165, 1.54) is 6.42 Å². The quantitative estimate of drug-likeness (QED) is 0.620. The van der Waals surface area contributed by atoms with Crippen molar-refractivity contribution in [1.82, 2.24) is 24.1 Å². The Labute approximate surface area is 191 Å². The third kappa shape index (κ3) is 6.20. The molecule has 32 heavy (non-hydrogen) atoms. The number of alkyl carbamates (subject to hydrolysis) is 1. The Hall–Kier alpha value is -1.72. The highest BCUT2D eigenvalue weighted by Gasteiger charge is 2.35. The maximum absolute atomic E-state index is 13.1. The van der Waals surface area contributed by atoms with Crippen LogP contribution in [0.4, 0.5) is 4.79 Å². The molecule has 0 aromatic heterocycles. The molecular weight excluding hydrogens is 430 g/mol. The summed E-state index contributed by atoms with van der Waals surface area (Å²) in [4.78, 5) is 14.5. The number of piperidine rings is 1. The van der Waals surface area contributed by atoms with Gasteiger partial charge in [-0.05, 0) is 43.8 Å². The molecule has 0 bridgehead atoms. The number of piperazine rings is 1. The number of ether oxygens (including phenoxy) is 1. The van der Waals surface area contributed by atoms with Crippen molar-refractivity contribution in [2.24, 2.45) is 5.92 Å². The van der Waals surface area contributed by atoms with Gasteiger partial charge < -0.3 is 20.3 Å². The molecule has 0 saturated carbocycles. The van der Waals surface area contributed by atoms with Crippen molar-refractivity contribution < 1.29 is 17.9 Å². The molecule has 3 saturated heterocycles. The lowest BCUT2D eigenvalue weighted by atomic mass is 10.1. The second-order valence-corrected chi connectivity index (χ2v) is 10.9. The predicted molar refractivity (Wildman–Crippen MR) is 122 cm³/mol. The third-order valence-corrected chi connectivity index (χ3v) is 8.69. The van der Waals surface area contributed by atoms with Crippen molar-refractivity contribution >= 4 is 16.3 Å². The van der Waals surface area contributed by atoms with Gasteiger partial charge in [-0.25, -0.2) is 4.79 Å². The van der Waals surface area contributed by atoms with E-state index in [4.69, 9.17) is 4.74 Å². The lowest BCUT2D eigenvalue weighted by Gasteiger charge is -2.39. The summed E-state index contributed by atoms with van der Waals surface area (Å²) in [6.07, 6.45) is 1.94. The fourth-order valence-corrected chi connectivity index (χ4v) is 6.33. The minimum absolute atomic E-state index is 0.0680. The van der Waals surface area contributed by atoms with Gasteiger partial charge in [-0.1, -0.05) is 30.3 Å². The molecule has 3 fully saturated rings. The SMILES string of the molecule is O=C(NC1CCN(S(=O)(=O)N2CCN(CC3CCNC3)CC2)CC1)OCc1ccccc1. The van der Waals surface area contributed by atoms with Gasteiger partial charge in [0.25, 0.3) is 10.2 Å². The van der Waals surface area contributed by atoms with Crippen LogP contribution in [0, 0.1) is 5.92 Å². The van der Waals surface area contributed by atoms with Gasteiger partial charge in [0.05, 0.1) is 0 Å². The largest absolute Gasteiger partial charge is 0.445 e. The first kappa shape index (κ1) is 23.4. The number of rotatable bonds is 7. The van der Waals surface area contributed by atoms with Gasteiger partial charge in [0, 0.05) is 51.9 Å². The first-order chi connectivity index (χ1) is 15.5. The van der Waals surface area contributed by atoms with Crippen LogP contribution in [0.15, 0.2) is 30.3 Å². The number of hydrogen-bond acceptors (Lipinski definition) is 6. The van der Waals surface area contributed by atoms with E-state index in [1.54, 1.807) is 8.61 Å². The average Bonchev–Trinajstić information content (AvgIpc) is 3.32. The zero-order valence-electron chi connectivity index (χ0n) is 18.6. The summed E-state index contributed by atoms with van der Waals surface area (Å²) in [5.74, 6) is 0.684. The standard InChI is InChI=1S/C22H35N5O4S/c28-22(31-18-19-4-2-1-3-5-19)24-21-7-10-26(11-8-21)32(29,30)27-14-12-25(13-15-27)17-20-6-9-23-16-20/h1-5,20-21,23H,6-18H2,(H,24,28). The number of benzene rings is 1. The molecule has 4 rings (SSSR count). The van der Waals surface area contributed by atoms with E-state index in [0.29, 0.717) is 44.9 Å². The number of hydrogen-bond donors (Lipinski definition) is 2. The molecule has 1 amide bonds. The second kappa shape index (κ2) is 10.9. The van der Waals surface area contributed by atoms with E-state index in [9.17, 15) is 13.2 Å². The van der Waals surface area contributed by atoms with Crippen molar-refractivity contribution in [3.8, 4) is 0 Å². The Balaban J connectivity index is 1.17. The molecule has 0 radical (unpaired) electrons. The van der Waals surface area contributed by atoms with Gasteiger partial charge in [0.15, 0.2) is 0 Å². The van der Waals surface area contributed by atoms with Crippen LogP contribution in [0.5, 0.6) is 0 Å². The topological polar surface area (TPSA) is 94.2 Å². The van der Waals surface area contributed by atoms with Gasteiger partial charge in [0.1, 0.15) is 6.61 Å². The van der Waals surface area contributed by atoms with Crippen LogP contribution in [-0.4, -0.2) is 93.0 Å². The molecule has 3 aliphatic rings. The Morgan fingerprint density at radius 3 is 2.34 bits per heavy atom. The van der Waals surface area contributed by atoms with Gasteiger partial charge in [-0.15, -0.1) is 0 Å². The molecule has 0 spiro atoms. The molecule has 1 aromatic rings. The summed E-state index contributed by atoms with van der Waals surface area (Å²) in [5.41, 5.74) is 0.934. The summed E-state index contributed by atoms with van der Waals surface area (Å²) >= 11 is 0. The number of amides is 1. The predicted octanol–water partition coefficient (Wildman–Crippen LogP) is 0.849. The molecule has 1 atom stereocenters. The fourth-order valence-electron chi connectivity index (χ4n) is 4.70. The first-order valence-electron chi connectivity index (χ1n) is 11.7. The molecule has 9 nitrogen and oxygen atoms in total. The number of nitrogens with one attached hydrogen (secondary N) is 2. The normalized spacial score (nSPS) is 24.4. The van der Waals surface area contributed by atoms with E-state index in [0.717, 1.165) is 38.3 Å². The zero-order valence-corrected chi connectivity index (χ0v) is 19.4. The maximum atomic E-state index is 13.1. The molecule has 2 N–H and O–H groups in total. The van der Waals surface area contributed by atoms with Crippen molar-refractivity contribution in [2.75, 3.05) is 58.9 Å². The lowest BCUT2D eigenvalue weighted by molar-refractivity contribution is 0.130. The molecule has 178 valence electrons. The molecule has 3 heterocycles. The van der Waals surface area contributed by atoms with Crippen LogP contribution in [0.2, 0.25) is 0 Å². The molecule has 3 aliphatic heterocycles. The summed E-state index contributed by atoms with van der Waals surface area (Å²) in [6.45, 7) is 6.96. The minimum Gasteiger partial charge on any atom is -0.445 e. The van der Waals surface area contributed by atoms with Gasteiger partial charge in [0.2, 0.25) is 0 Å². The van der Waals surface area contributed by atoms with E-state index < -0.39 is 16.3 Å². The van der Waals surface area contributed by atoms with Gasteiger partial charge in [-0.3, -0.25) is 0 Å². The second-order valence-electron chi connectivity index (χ2n) is 8.95. The number of carbonyl (C=O) groups is 1. The van der Waals surface area contributed by atoms with Crippen LogP contribution in [0.3, 0.4) is 0 Å². The highest BCUT2D eigenvalue weighted by atomic mass is 32.2. The molecule has 0 aliphatic carbocycles. The first-order valence-corrected chi connectivity index (χ1v) is 13.1.